The van der Waals surface area contributed by atoms with E-state index in [-0.39, 0.29) is 12.5 Å². The summed E-state index contributed by atoms with van der Waals surface area (Å²) in [5, 5.41) is 0. The predicted octanol–water partition coefficient (Wildman–Crippen LogP) is 3.12. The van der Waals surface area contributed by atoms with Gasteiger partial charge in [0.2, 0.25) is 15.9 Å². The molecule has 0 fully saturated rings. The molecule has 0 heterocycles. The average Bonchev–Trinajstić information content (AvgIpc) is 2.59. The summed E-state index contributed by atoms with van der Waals surface area (Å²) in [6, 6.07) is 15.1. The molecule has 0 saturated carbocycles. The molecule has 0 aliphatic carbocycles. The van der Waals surface area contributed by atoms with Crippen molar-refractivity contribution in [2.45, 2.75) is 27.3 Å². The molecule has 2 rings (SSSR count). The lowest BCUT2D eigenvalue weighted by Gasteiger charge is -2.27. The average molecular weight is 375 g/mol. The van der Waals surface area contributed by atoms with Crippen LogP contribution in [0.5, 0.6) is 0 Å². The Balaban J connectivity index is 2.24. The molecule has 2 aromatic rings. The summed E-state index contributed by atoms with van der Waals surface area (Å²) in [4.78, 5) is 14.4. The zero-order valence-corrected chi connectivity index (χ0v) is 16.6. The minimum Gasteiger partial charge on any atom is -0.337 e. The van der Waals surface area contributed by atoms with E-state index in [0.29, 0.717) is 18.8 Å². The topological polar surface area (TPSA) is 57.7 Å². The number of carbonyl (C=O) groups is 1. The zero-order valence-electron chi connectivity index (χ0n) is 15.8. The van der Waals surface area contributed by atoms with Crippen LogP contribution in [0.3, 0.4) is 0 Å². The highest BCUT2D eigenvalue weighted by Crippen LogP contribution is 2.21. The minimum absolute atomic E-state index is 0.206. The van der Waals surface area contributed by atoms with Crippen LogP contribution >= 0.6 is 0 Å². The molecule has 6 heteroatoms. The largest absolute Gasteiger partial charge is 0.337 e. The molecule has 0 spiro atoms. The number of benzene rings is 2. The number of rotatable bonds is 7. The van der Waals surface area contributed by atoms with Gasteiger partial charge < -0.3 is 4.90 Å². The third-order valence-electron chi connectivity index (χ3n) is 4.41. The first-order valence-corrected chi connectivity index (χ1v) is 10.4. The Morgan fingerprint density at radius 1 is 1.00 bits per heavy atom. The van der Waals surface area contributed by atoms with Gasteiger partial charge in [0.1, 0.15) is 6.54 Å². The van der Waals surface area contributed by atoms with Gasteiger partial charge in [0.05, 0.1) is 11.9 Å². The summed E-state index contributed by atoms with van der Waals surface area (Å²) in [5.41, 5.74) is 3.59. The number of aryl methyl sites for hydroxylation is 2. The van der Waals surface area contributed by atoms with E-state index in [1.165, 1.54) is 4.31 Å². The highest BCUT2D eigenvalue weighted by molar-refractivity contribution is 7.92. The Kier molecular flexibility index (Phi) is 6.42. The van der Waals surface area contributed by atoms with Crippen LogP contribution in [0.1, 0.15) is 23.6 Å². The number of carbonyl (C=O) groups excluding carboxylic acids is 1. The van der Waals surface area contributed by atoms with E-state index in [2.05, 4.69) is 0 Å². The number of sulfonamides is 1. The second-order valence-corrected chi connectivity index (χ2v) is 8.34. The SMILES string of the molecule is CCN(Cc1ccccc1)C(=O)CN(c1ccc(C)c(C)c1)S(C)(=O)=O. The molecular formula is C20H26N2O3S. The van der Waals surface area contributed by atoms with Crippen LogP contribution in [0.2, 0.25) is 0 Å². The minimum atomic E-state index is -3.57. The second-order valence-electron chi connectivity index (χ2n) is 6.43. The third-order valence-corrected chi connectivity index (χ3v) is 5.55. The highest BCUT2D eigenvalue weighted by Gasteiger charge is 2.24. The van der Waals surface area contributed by atoms with Crippen molar-refractivity contribution in [2.24, 2.45) is 0 Å². The van der Waals surface area contributed by atoms with Gasteiger partial charge in [-0.2, -0.15) is 0 Å². The van der Waals surface area contributed by atoms with E-state index >= 15 is 0 Å². The Bertz CT molecular complexity index is 864. The van der Waals surface area contributed by atoms with Crippen molar-refractivity contribution in [3.8, 4) is 0 Å². The van der Waals surface area contributed by atoms with Crippen molar-refractivity contribution in [1.82, 2.24) is 4.90 Å². The number of hydrogen-bond donors (Lipinski definition) is 0. The molecule has 0 aromatic heterocycles. The molecule has 5 nitrogen and oxygen atoms in total. The number of hydrogen-bond acceptors (Lipinski definition) is 3. The number of nitrogens with zero attached hydrogens (tertiary/aromatic N) is 2. The maximum Gasteiger partial charge on any atom is 0.243 e. The molecule has 0 aliphatic rings. The lowest BCUT2D eigenvalue weighted by atomic mass is 10.1. The number of amides is 1. The Hall–Kier alpha value is -2.34. The Morgan fingerprint density at radius 2 is 1.65 bits per heavy atom. The van der Waals surface area contributed by atoms with E-state index < -0.39 is 10.0 Å². The predicted molar refractivity (Wildman–Crippen MR) is 106 cm³/mol. The van der Waals surface area contributed by atoms with Crippen molar-refractivity contribution in [1.29, 1.82) is 0 Å². The summed E-state index contributed by atoms with van der Waals surface area (Å²) < 4.78 is 25.8. The second kappa shape index (κ2) is 8.36. The van der Waals surface area contributed by atoms with E-state index in [1.807, 2.05) is 57.2 Å². The maximum atomic E-state index is 12.8. The van der Waals surface area contributed by atoms with E-state index in [1.54, 1.807) is 17.0 Å². The molecule has 0 N–H and O–H groups in total. The van der Waals surface area contributed by atoms with Crippen LogP contribution in [-0.2, 0) is 21.4 Å². The van der Waals surface area contributed by atoms with Crippen LogP contribution in [0.4, 0.5) is 5.69 Å². The fourth-order valence-electron chi connectivity index (χ4n) is 2.68. The van der Waals surface area contributed by atoms with Crippen LogP contribution in [0.15, 0.2) is 48.5 Å². The van der Waals surface area contributed by atoms with Gasteiger partial charge in [0, 0.05) is 13.1 Å². The molecule has 0 unspecified atom stereocenters. The van der Waals surface area contributed by atoms with E-state index in [9.17, 15) is 13.2 Å². The zero-order chi connectivity index (χ0) is 19.3. The number of likely N-dealkylation sites (N-methyl/N-ethyl adjacent to an activating group) is 1. The van der Waals surface area contributed by atoms with Gasteiger partial charge in [-0.1, -0.05) is 36.4 Å². The van der Waals surface area contributed by atoms with E-state index in [4.69, 9.17) is 0 Å². The van der Waals surface area contributed by atoms with Crippen molar-refractivity contribution in [2.75, 3.05) is 23.7 Å². The van der Waals surface area contributed by atoms with Crippen LogP contribution in [0, 0.1) is 13.8 Å². The summed E-state index contributed by atoms with van der Waals surface area (Å²) in [6.07, 6.45) is 1.13. The van der Waals surface area contributed by atoms with Crippen LogP contribution < -0.4 is 4.31 Å². The van der Waals surface area contributed by atoms with E-state index in [0.717, 1.165) is 22.9 Å². The molecule has 0 saturated heterocycles. The van der Waals surface area contributed by atoms with Crippen molar-refractivity contribution < 1.29 is 13.2 Å². The monoisotopic (exact) mass is 374 g/mol. The number of anilines is 1. The first-order valence-electron chi connectivity index (χ1n) is 8.59. The standard InChI is InChI=1S/C20H26N2O3S/c1-5-21(14-18-9-7-6-8-10-18)20(23)15-22(26(4,24)25)19-12-11-16(2)17(3)13-19/h6-13H,5,14-15H2,1-4H3. The van der Waals surface area contributed by atoms with Crippen LogP contribution in [0.25, 0.3) is 0 Å². The summed E-state index contributed by atoms with van der Waals surface area (Å²) >= 11 is 0. The summed E-state index contributed by atoms with van der Waals surface area (Å²) in [6.45, 7) is 6.55. The van der Waals surface area contributed by atoms with Gasteiger partial charge in [0.25, 0.3) is 0 Å². The van der Waals surface area contributed by atoms with Gasteiger partial charge >= 0.3 is 0 Å². The van der Waals surface area contributed by atoms with Gasteiger partial charge in [-0.15, -0.1) is 0 Å². The molecule has 0 aliphatic heterocycles. The molecule has 0 bridgehead atoms. The maximum absolute atomic E-state index is 12.8. The fraction of sp³-hybridized carbons (Fsp3) is 0.350. The molecule has 140 valence electrons. The molecule has 26 heavy (non-hydrogen) atoms. The lowest BCUT2D eigenvalue weighted by molar-refractivity contribution is -0.129. The van der Waals surface area contributed by atoms with Gasteiger partial charge in [-0.25, -0.2) is 8.42 Å². The van der Waals surface area contributed by atoms with Crippen molar-refractivity contribution >= 4 is 21.6 Å². The molecule has 2 aromatic carbocycles. The van der Waals surface area contributed by atoms with Gasteiger partial charge in [0.15, 0.2) is 0 Å². The molecule has 1 amide bonds. The molecule has 0 radical (unpaired) electrons. The van der Waals surface area contributed by atoms with Gasteiger partial charge in [-0.3, -0.25) is 9.10 Å². The quantitative estimate of drug-likeness (QED) is 0.748. The van der Waals surface area contributed by atoms with Crippen LogP contribution in [-0.4, -0.2) is 38.6 Å². The van der Waals surface area contributed by atoms with Crippen molar-refractivity contribution in [3.63, 3.8) is 0 Å². The third kappa shape index (κ3) is 5.08. The smallest absolute Gasteiger partial charge is 0.243 e. The molecular weight excluding hydrogens is 348 g/mol. The summed E-state index contributed by atoms with van der Waals surface area (Å²) in [5.74, 6) is -0.222. The first-order chi connectivity index (χ1) is 12.2. The highest BCUT2D eigenvalue weighted by atomic mass is 32.2. The molecule has 0 atom stereocenters. The Labute approximate surface area is 156 Å². The fourth-order valence-corrected chi connectivity index (χ4v) is 3.53. The first kappa shape index (κ1) is 20.0. The Morgan fingerprint density at radius 3 is 2.19 bits per heavy atom. The van der Waals surface area contributed by atoms with Crippen molar-refractivity contribution in [3.05, 3.63) is 65.2 Å². The normalized spacial score (nSPS) is 11.2. The lowest BCUT2D eigenvalue weighted by Crippen LogP contribution is -2.42. The van der Waals surface area contributed by atoms with Gasteiger partial charge in [-0.05, 0) is 49.6 Å². The summed E-state index contributed by atoms with van der Waals surface area (Å²) in [7, 11) is -3.57.